The number of halogens is 1. The zero-order valence-corrected chi connectivity index (χ0v) is 16.3. The average molecular weight is 385 g/mol. The van der Waals surface area contributed by atoms with Gasteiger partial charge in [0.1, 0.15) is 5.75 Å². The predicted octanol–water partition coefficient (Wildman–Crippen LogP) is 3.96. The van der Waals surface area contributed by atoms with Gasteiger partial charge in [-0.05, 0) is 30.7 Å². The zero-order chi connectivity index (χ0) is 19.1. The number of carbonyl (C=O) groups excluding carboxylic acids is 1. The molecule has 3 rings (SSSR count). The molecular formula is C22H25ClN2O2. The van der Waals surface area contributed by atoms with E-state index in [1.165, 1.54) is 5.56 Å². The number of rotatable bonds is 6. The summed E-state index contributed by atoms with van der Waals surface area (Å²) >= 11 is 5.97. The number of ether oxygens (including phenoxy) is 1. The van der Waals surface area contributed by atoms with E-state index in [9.17, 15) is 4.79 Å². The van der Waals surface area contributed by atoms with Crippen molar-refractivity contribution < 1.29 is 9.53 Å². The lowest BCUT2D eigenvalue weighted by atomic mass is 10.2. The molecule has 0 aliphatic carbocycles. The number of hydrogen-bond donors (Lipinski definition) is 0. The van der Waals surface area contributed by atoms with Gasteiger partial charge < -0.3 is 9.64 Å². The highest BCUT2D eigenvalue weighted by Crippen LogP contribution is 2.19. The van der Waals surface area contributed by atoms with Crippen molar-refractivity contribution in [1.82, 2.24) is 9.80 Å². The van der Waals surface area contributed by atoms with Crippen LogP contribution in [0.3, 0.4) is 0 Å². The lowest BCUT2D eigenvalue weighted by molar-refractivity contribution is -0.139. The highest BCUT2D eigenvalue weighted by molar-refractivity contribution is 6.30. The molecule has 2 aromatic carbocycles. The first-order valence-corrected chi connectivity index (χ1v) is 9.64. The molecule has 5 heteroatoms. The van der Waals surface area contributed by atoms with E-state index in [1.807, 2.05) is 35.2 Å². The molecule has 0 bridgehead atoms. The largest absolute Gasteiger partial charge is 0.481 e. The van der Waals surface area contributed by atoms with Crippen LogP contribution in [0.25, 0.3) is 6.08 Å². The van der Waals surface area contributed by atoms with Crippen molar-refractivity contribution in [2.75, 3.05) is 32.7 Å². The Kier molecular flexibility index (Phi) is 6.91. The number of piperazine rings is 1. The number of carbonyl (C=O) groups is 1. The monoisotopic (exact) mass is 384 g/mol. The lowest BCUT2D eigenvalue weighted by Gasteiger charge is -2.35. The minimum Gasteiger partial charge on any atom is -0.481 e. The van der Waals surface area contributed by atoms with Crippen molar-refractivity contribution in [3.63, 3.8) is 0 Å². The molecule has 1 aliphatic heterocycles. The third kappa shape index (κ3) is 5.84. The van der Waals surface area contributed by atoms with E-state index in [-0.39, 0.29) is 5.91 Å². The molecule has 0 aromatic heterocycles. The Morgan fingerprint density at radius 1 is 1.11 bits per heavy atom. The summed E-state index contributed by atoms with van der Waals surface area (Å²) in [5.41, 5.74) is 1.21. The first-order valence-electron chi connectivity index (χ1n) is 9.27. The summed E-state index contributed by atoms with van der Waals surface area (Å²) in [5.74, 6) is 0.641. The molecule has 27 heavy (non-hydrogen) atoms. The van der Waals surface area contributed by atoms with Gasteiger partial charge in [0.25, 0.3) is 5.91 Å². The predicted molar refractivity (Wildman–Crippen MR) is 110 cm³/mol. The van der Waals surface area contributed by atoms with Gasteiger partial charge >= 0.3 is 0 Å². The second-order valence-corrected chi connectivity index (χ2v) is 7.09. The Hall–Kier alpha value is -2.30. The van der Waals surface area contributed by atoms with Crippen LogP contribution in [0.5, 0.6) is 5.75 Å². The zero-order valence-electron chi connectivity index (χ0n) is 15.6. The van der Waals surface area contributed by atoms with E-state index in [2.05, 4.69) is 29.2 Å². The summed E-state index contributed by atoms with van der Waals surface area (Å²) in [6, 6.07) is 17.4. The van der Waals surface area contributed by atoms with E-state index in [4.69, 9.17) is 16.3 Å². The van der Waals surface area contributed by atoms with Crippen molar-refractivity contribution in [2.45, 2.75) is 13.0 Å². The van der Waals surface area contributed by atoms with Gasteiger partial charge in [-0.15, -0.1) is 0 Å². The van der Waals surface area contributed by atoms with E-state index in [0.717, 1.165) is 32.7 Å². The normalized spacial score (nSPS) is 16.4. The maximum absolute atomic E-state index is 12.6. The highest BCUT2D eigenvalue weighted by Gasteiger charge is 2.25. The average Bonchev–Trinajstić information content (AvgIpc) is 2.69. The van der Waals surface area contributed by atoms with Gasteiger partial charge in [0.05, 0.1) is 0 Å². The molecule has 0 N–H and O–H groups in total. The van der Waals surface area contributed by atoms with Gasteiger partial charge in [0.2, 0.25) is 0 Å². The molecule has 0 saturated carbocycles. The van der Waals surface area contributed by atoms with Crippen LogP contribution in [-0.4, -0.2) is 54.5 Å². The van der Waals surface area contributed by atoms with Crippen LogP contribution in [0.4, 0.5) is 0 Å². The molecule has 1 saturated heterocycles. The van der Waals surface area contributed by atoms with Crippen molar-refractivity contribution in [3.8, 4) is 5.75 Å². The lowest BCUT2D eigenvalue weighted by Crippen LogP contribution is -2.51. The fourth-order valence-electron chi connectivity index (χ4n) is 3.10. The summed E-state index contributed by atoms with van der Waals surface area (Å²) < 4.78 is 5.75. The van der Waals surface area contributed by atoms with Crippen molar-refractivity contribution in [1.29, 1.82) is 0 Å². The smallest absolute Gasteiger partial charge is 0.263 e. The summed E-state index contributed by atoms with van der Waals surface area (Å²) in [6.45, 7) is 5.87. The topological polar surface area (TPSA) is 32.8 Å². The Balaban J connectivity index is 1.44. The molecule has 2 aromatic rings. The summed E-state index contributed by atoms with van der Waals surface area (Å²) in [5, 5.41) is 0.601. The standard InChI is InChI=1S/C22H25ClN2O2/c1-18(27-21-11-5-10-20(23)17-21)22(26)25-15-13-24(14-16-25)12-6-9-19-7-3-2-4-8-19/h2-11,17-18H,12-16H2,1H3. The van der Waals surface area contributed by atoms with Gasteiger partial charge in [-0.2, -0.15) is 0 Å². The van der Waals surface area contributed by atoms with Gasteiger partial charge in [-0.25, -0.2) is 0 Å². The van der Waals surface area contributed by atoms with Crippen LogP contribution in [0.15, 0.2) is 60.7 Å². The summed E-state index contributed by atoms with van der Waals surface area (Å²) in [7, 11) is 0. The fourth-order valence-corrected chi connectivity index (χ4v) is 3.29. The maximum atomic E-state index is 12.6. The third-order valence-corrected chi connectivity index (χ3v) is 4.85. The molecule has 142 valence electrons. The highest BCUT2D eigenvalue weighted by atomic mass is 35.5. The van der Waals surface area contributed by atoms with Crippen LogP contribution in [0, 0.1) is 0 Å². The van der Waals surface area contributed by atoms with Crippen molar-refractivity contribution in [2.24, 2.45) is 0 Å². The molecule has 4 nitrogen and oxygen atoms in total. The third-order valence-electron chi connectivity index (χ3n) is 4.61. The molecule has 1 amide bonds. The van der Waals surface area contributed by atoms with E-state index < -0.39 is 6.10 Å². The number of hydrogen-bond acceptors (Lipinski definition) is 3. The van der Waals surface area contributed by atoms with E-state index in [1.54, 1.807) is 19.1 Å². The number of nitrogens with zero attached hydrogens (tertiary/aromatic N) is 2. The molecule has 1 heterocycles. The second-order valence-electron chi connectivity index (χ2n) is 6.66. The van der Waals surface area contributed by atoms with E-state index >= 15 is 0 Å². The van der Waals surface area contributed by atoms with E-state index in [0.29, 0.717) is 10.8 Å². The fraction of sp³-hybridized carbons (Fsp3) is 0.318. The molecule has 1 unspecified atom stereocenters. The first-order chi connectivity index (χ1) is 13.1. The Bertz CT molecular complexity index is 771. The van der Waals surface area contributed by atoms with Gasteiger partial charge in [0.15, 0.2) is 6.10 Å². The molecule has 1 aliphatic rings. The van der Waals surface area contributed by atoms with Crippen LogP contribution in [-0.2, 0) is 4.79 Å². The quantitative estimate of drug-likeness (QED) is 0.755. The van der Waals surface area contributed by atoms with Crippen LogP contribution in [0.2, 0.25) is 5.02 Å². The minimum atomic E-state index is -0.520. The molecular weight excluding hydrogens is 360 g/mol. The molecule has 0 radical (unpaired) electrons. The van der Waals surface area contributed by atoms with Gasteiger partial charge in [-0.3, -0.25) is 9.69 Å². The Labute approximate surface area is 166 Å². The SMILES string of the molecule is CC(Oc1cccc(Cl)c1)C(=O)N1CCN(CC=Cc2ccccc2)CC1. The van der Waals surface area contributed by atoms with Crippen LogP contribution >= 0.6 is 11.6 Å². The van der Waals surface area contributed by atoms with Crippen LogP contribution in [0.1, 0.15) is 12.5 Å². The summed E-state index contributed by atoms with van der Waals surface area (Å²) in [6.07, 6.45) is 3.80. The Morgan fingerprint density at radius 3 is 2.56 bits per heavy atom. The van der Waals surface area contributed by atoms with Crippen molar-refractivity contribution >= 4 is 23.6 Å². The minimum absolute atomic E-state index is 0.0226. The number of benzene rings is 2. The van der Waals surface area contributed by atoms with Crippen molar-refractivity contribution in [3.05, 3.63) is 71.3 Å². The van der Waals surface area contributed by atoms with Gasteiger partial charge in [-0.1, -0.05) is 60.2 Å². The Morgan fingerprint density at radius 2 is 1.85 bits per heavy atom. The van der Waals surface area contributed by atoms with Crippen LogP contribution < -0.4 is 4.74 Å². The molecule has 1 fully saturated rings. The molecule has 1 atom stereocenters. The first kappa shape index (κ1) is 19.5. The van der Waals surface area contributed by atoms with Gasteiger partial charge in [0, 0.05) is 37.7 Å². The maximum Gasteiger partial charge on any atom is 0.263 e. The second kappa shape index (κ2) is 9.58. The summed E-state index contributed by atoms with van der Waals surface area (Å²) in [4.78, 5) is 16.9. The number of amides is 1. The molecule has 0 spiro atoms.